The molecule has 106 valence electrons. The molecule has 2 rings (SSSR count). The minimum atomic E-state index is -0.733. The van der Waals surface area contributed by atoms with Crippen LogP contribution in [0, 0.1) is 11.6 Å². The van der Waals surface area contributed by atoms with Gasteiger partial charge in [0.1, 0.15) is 11.6 Å². The van der Waals surface area contributed by atoms with Crippen LogP contribution in [0.5, 0.6) is 11.5 Å². The summed E-state index contributed by atoms with van der Waals surface area (Å²) in [5.74, 6) is -0.915. The van der Waals surface area contributed by atoms with Crippen LogP contribution in [0.4, 0.5) is 8.78 Å². The van der Waals surface area contributed by atoms with Crippen LogP contribution >= 0.6 is 0 Å². The molecule has 0 unspecified atom stereocenters. The van der Waals surface area contributed by atoms with Gasteiger partial charge < -0.3 is 10.1 Å². The van der Waals surface area contributed by atoms with Crippen molar-refractivity contribution in [2.75, 3.05) is 0 Å². The number of benzene rings is 1. The van der Waals surface area contributed by atoms with Crippen molar-refractivity contribution < 1.29 is 13.5 Å². The molecule has 0 aliphatic heterocycles. The lowest BCUT2D eigenvalue weighted by Gasteiger charge is -2.10. The summed E-state index contributed by atoms with van der Waals surface area (Å²) in [6, 6.07) is 6.89. The fourth-order valence-electron chi connectivity index (χ4n) is 1.61. The van der Waals surface area contributed by atoms with E-state index in [4.69, 9.17) is 4.74 Å². The zero-order valence-corrected chi connectivity index (χ0v) is 11.4. The maximum Gasteiger partial charge on any atom is 0.168 e. The fraction of sp³-hybridized carbons (Fsp3) is 0.267. The van der Waals surface area contributed by atoms with Gasteiger partial charge in [-0.1, -0.05) is 13.8 Å². The van der Waals surface area contributed by atoms with Gasteiger partial charge >= 0.3 is 0 Å². The fourth-order valence-corrected chi connectivity index (χ4v) is 1.61. The van der Waals surface area contributed by atoms with E-state index in [2.05, 4.69) is 10.3 Å². The van der Waals surface area contributed by atoms with Crippen LogP contribution in [0.15, 0.2) is 36.5 Å². The summed E-state index contributed by atoms with van der Waals surface area (Å²) in [6.07, 6.45) is 1.59. The van der Waals surface area contributed by atoms with E-state index < -0.39 is 11.6 Å². The monoisotopic (exact) mass is 278 g/mol. The third kappa shape index (κ3) is 3.99. The first-order valence-corrected chi connectivity index (χ1v) is 6.36. The Hall–Kier alpha value is -2.01. The van der Waals surface area contributed by atoms with Crippen LogP contribution in [0.1, 0.15) is 19.5 Å². The van der Waals surface area contributed by atoms with Crippen LogP contribution in [0.3, 0.4) is 0 Å². The lowest BCUT2D eigenvalue weighted by molar-refractivity contribution is 0.436. The van der Waals surface area contributed by atoms with Crippen LogP contribution in [0.25, 0.3) is 0 Å². The van der Waals surface area contributed by atoms with Gasteiger partial charge in [-0.05, 0) is 18.2 Å². The van der Waals surface area contributed by atoms with Crippen LogP contribution in [-0.4, -0.2) is 11.0 Å². The summed E-state index contributed by atoms with van der Waals surface area (Å²) in [5, 5.41) is 3.23. The lowest BCUT2D eigenvalue weighted by Crippen LogP contribution is -2.22. The van der Waals surface area contributed by atoms with Gasteiger partial charge in [-0.15, -0.1) is 0 Å². The molecule has 0 atom stereocenters. The topological polar surface area (TPSA) is 34.1 Å². The average molecular weight is 278 g/mol. The molecule has 1 N–H and O–H groups in total. The molecule has 0 aliphatic rings. The molecule has 20 heavy (non-hydrogen) atoms. The van der Waals surface area contributed by atoms with Crippen molar-refractivity contribution in [2.24, 2.45) is 0 Å². The second kappa shape index (κ2) is 6.43. The molecule has 2 aromatic rings. The number of nitrogens with zero attached hydrogens (tertiary/aromatic N) is 1. The molecule has 0 fully saturated rings. The van der Waals surface area contributed by atoms with Crippen molar-refractivity contribution in [3.63, 3.8) is 0 Å². The largest absolute Gasteiger partial charge is 0.454 e. The van der Waals surface area contributed by atoms with Crippen LogP contribution in [-0.2, 0) is 6.54 Å². The number of pyridine rings is 1. The number of hydrogen-bond donors (Lipinski definition) is 1. The Kier molecular flexibility index (Phi) is 4.63. The van der Waals surface area contributed by atoms with Gasteiger partial charge in [-0.2, -0.15) is 0 Å². The Morgan fingerprint density at radius 3 is 2.70 bits per heavy atom. The maximum absolute atomic E-state index is 13.5. The Bertz CT molecular complexity index is 588. The molecule has 0 saturated carbocycles. The summed E-state index contributed by atoms with van der Waals surface area (Å²) < 4.78 is 31.7. The van der Waals surface area contributed by atoms with E-state index in [0.29, 0.717) is 18.3 Å². The molecule has 0 radical (unpaired) electrons. The van der Waals surface area contributed by atoms with Crippen molar-refractivity contribution in [3.8, 4) is 11.5 Å². The van der Waals surface area contributed by atoms with E-state index >= 15 is 0 Å². The van der Waals surface area contributed by atoms with E-state index in [1.54, 1.807) is 18.3 Å². The maximum atomic E-state index is 13.5. The molecule has 5 heteroatoms. The summed E-state index contributed by atoms with van der Waals surface area (Å²) in [6.45, 7) is 4.67. The van der Waals surface area contributed by atoms with Gasteiger partial charge in [0, 0.05) is 30.9 Å². The van der Waals surface area contributed by atoms with E-state index in [-0.39, 0.29) is 5.75 Å². The number of rotatable bonds is 5. The number of ether oxygens (including phenoxy) is 1. The molecular formula is C15H16F2N2O. The Labute approximate surface area is 116 Å². The summed E-state index contributed by atoms with van der Waals surface area (Å²) in [5.41, 5.74) is 0.790. The predicted molar refractivity (Wildman–Crippen MR) is 72.6 cm³/mol. The zero-order valence-electron chi connectivity index (χ0n) is 11.4. The van der Waals surface area contributed by atoms with Crippen LogP contribution in [0.2, 0.25) is 0 Å². The Morgan fingerprint density at radius 1 is 1.20 bits per heavy atom. The second-order valence-electron chi connectivity index (χ2n) is 4.70. The normalized spacial score (nSPS) is 10.8. The number of halogens is 2. The number of nitrogens with one attached hydrogen (secondary N) is 1. The van der Waals surface area contributed by atoms with Crippen LogP contribution < -0.4 is 10.1 Å². The standard InChI is InChI=1S/C15H16F2N2O/c1-10(2)19-9-12-8-13(5-6-18-12)20-15-4-3-11(16)7-14(15)17/h3-8,10,19H,9H2,1-2H3. The molecular weight excluding hydrogens is 262 g/mol. The summed E-state index contributed by atoms with van der Waals surface area (Å²) >= 11 is 0. The SMILES string of the molecule is CC(C)NCc1cc(Oc2ccc(F)cc2F)ccn1. The quantitative estimate of drug-likeness (QED) is 0.906. The van der Waals surface area contributed by atoms with Gasteiger partial charge in [0.25, 0.3) is 0 Å². The average Bonchev–Trinajstić information content (AvgIpc) is 2.40. The van der Waals surface area contributed by atoms with E-state index in [1.807, 2.05) is 13.8 Å². The highest BCUT2D eigenvalue weighted by Gasteiger charge is 2.07. The predicted octanol–water partition coefficient (Wildman–Crippen LogP) is 3.65. The minimum absolute atomic E-state index is 0.0135. The third-order valence-electron chi connectivity index (χ3n) is 2.60. The molecule has 0 bridgehead atoms. The number of hydrogen-bond acceptors (Lipinski definition) is 3. The highest BCUT2D eigenvalue weighted by molar-refractivity contribution is 5.32. The Balaban J connectivity index is 2.11. The van der Waals surface area contributed by atoms with Crippen molar-refractivity contribution in [1.82, 2.24) is 10.3 Å². The smallest absolute Gasteiger partial charge is 0.168 e. The van der Waals surface area contributed by atoms with E-state index in [9.17, 15) is 8.78 Å². The van der Waals surface area contributed by atoms with Gasteiger partial charge in [0.15, 0.2) is 11.6 Å². The van der Waals surface area contributed by atoms with Crippen molar-refractivity contribution in [2.45, 2.75) is 26.4 Å². The summed E-state index contributed by atoms with van der Waals surface area (Å²) in [4.78, 5) is 4.19. The second-order valence-corrected chi connectivity index (χ2v) is 4.70. The third-order valence-corrected chi connectivity index (χ3v) is 2.60. The molecule has 3 nitrogen and oxygen atoms in total. The van der Waals surface area contributed by atoms with Gasteiger partial charge in [-0.25, -0.2) is 8.78 Å². The van der Waals surface area contributed by atoms with Gasteiger partial charge in [-0.3, -0.25) is 4.98 Å². The molecule has 1 aromatic carbocycles. The lowest BCUT2D eigenvalue weighted by atomic mass is 10.3. The molecule has 0 saturated heterocycles. The highest BCUT2D eigenvalue weighted by atomic mass is 19.1. The van der Waals surface area contributed by atoms with E-state index in [0.717, 1.165) is 17.8 Å². The molecule has 1 aromatic heterocycles. The Morgan fingerprint density at radius 2 is 2.00 bits per heavy atom. The van der Waals surface area contributed by atoms with Gasteiger partial charge in [0.05, 0.1) is 5.69 Å². The first-order valence-electron chi connectivity index (χ1n) is 6.36. The summed E-state index contributed by atoms with van der Waals surface area (Å²) in [7, 11) is 0. The molecule has 1 heterocycles. The van der Waals surface area contributed by atoms with Crippen molar-refractivity contribution in [3.05, 3.63) is 53.9 Å². The first kappa shape index (κ1) is 14.4. The molecule has 0 spiro atoms. The minimum Gasteiger partial charge on any atom is -0.454 e. The van der Waals surface area contributed by atoms with Crippen molar-refractivity contribution in [1.29, 1.82) is 0 Å². The van der Waals surface area contributed by atoms with Gasteiger partial charge in [0.2, 0.25) is 0 Å². The highest BCUT2D eigenvalue weighted by Crippen LogP contribution is 2.24. The van der Waals surface area contributed by atoms with E-state index in [1.165, 1.54) is 6.07 Å². The molecule has 0 amide bonds. The number of aromatic nitrogens is 1. The first-order chi connectivity index (χ1) is 9.54. The zero-order chi connectivity index (χ0) is 14.5. The van der Waals surface area contributed by atoms with Crippen molar-refractivity contribution >= 4 is 0 Å². The molecule has 0 aliphatic carbocycles.